The van der Waals surface area contributed by atoms with E-state index in [1.165, 1.54) is 12.8 Å². The first-order chi connectivity index (χ1) is 7.24. The van der Waals surface area contributed by atoms with Crippen LogP contribution in [0.4, 0.5) is 0 Å². The van der Waals surface area contributed by atoms with Crippen LogP contribution in [0.1, 0.15) is 52.4 Å². The fourth-order valence-corrected chi connectivity index (χ4v) is 1.98. The molecule has 0 aromatic rings. The lowest BCUT2D eigenvalue weighted by Crippen LogP contribution is -2.38. The quantitative estimate of drug-likeness (QED) is 0.728. The molecule has 3 heteroatoms. The number of carbonyl (C=O) groups is 1. The summed E-state index contributed by atoms with van der Waals surface area (Å²) in [6, 6.07) is -0.0631. The zero-order chi connectivity index (χ0) is 11.1. The van der Waals surface area contributed by atoms with Crippen LogP contribution < -0.4 is 5.32 Å². The van der Waals surface area contributed by atoms with Crippen LogP contribution in [0.25, 0.3) is 0 Å². The van der Waals surface area contributed by atoms with E-state index in [-0.39, 0.29) is 18.1 Å². The van der Waals surface area contributed by atoms with Gasteiger partial charge in [-0.1, -0.05) is 26.2 Å². The predicted molar refractivity (Wildman–Crippen MR) is 60.7 cm³/mol. The first-order valence-corrected chi connectivity index (χ1v) is 6.18. The van der Waals surface area contributed by atoms with Crippen LogP contribution >= 0.6 is 0 Å². The number of esters is 1. The van der Waals surface area contributed by atoms with Gasteiger partial charge in [-0.15, -0.1) is 0 Å². The molecule has 1 saturated heterocycles. The summed E-state index contributed by atoms with van der Waals surface area (Å²) >= 11 is 0. The molecule has 0 aromatic carbocycles. The average Bonchev–Trinajstić information content (AvgIpc) is 2.45. The number of ether oxygens (including phenoxy) is 1. The molecule has 1 aliphatic rings. The van der Waals surface area contributed by atoms with Crippen molar-refractivity contribution < 1.29 is 9.53 Å². The molecule has 0 amide bonds. The van der Waals surface area contributed by atoms with Crippen LogP contribution in [-0.2, 0) is 9.53 Å². The van der Waals surface area contributed by atoms with Crippen LogP contribution in [-0.4, -0.2) is 24.7 Å². The number of hydrogen-bond donors (Lipinski definition) is 1. The zero-order valence-electron chi connectivity index (χ0n) is 9.92. The van der Waals surface area contributed by atoms with Crippen molar-refractivity contribution in [2.75, 3.05) is 6.54 Å². The van der Waals surface area contributed by atoms with Crippen molar-refractivity contribution in [3.05, 3.63) is 0 Å². The Bertz CT molecular complexity index is 186. The van der Waals surface area contributed by atoms with Gasteiger partial charge >= 0.3 is 5.97 Å². The molecular weight excluding hydrogens is 190 g/mol. The van der Waals surface area contributed by atoms with Gasteiger partial charge in [-0.2, -0.15) is 0 Å². The van der Waals surface area contributed by atoms with Gasteiger partial charge in [-0.25, -0.2) is 0 Å². The van der Waals surface area contributed by atoms with Gasteiger partial charge in [-0.05, 0) is 32.7 Å². The molecule has 0 saturated carbocycles. The minimum atomic E-state index is -0.0631. The Labute approximate surface area is 92.6 Å². The molecule has 88 valence electrons. The summed E-state index contributed by atoms with van der Waals surface area (Å²) in [6.45, 7) is 5.02. The van der Waals surface area contributed by atoms with Gasteiger partial charge in [0, 0.05) is 0 Å². The molecule has 0 aliphatic carbocycles. The Morgan fingerprint density at radius 3 is 3.00 bits per heavy atom. The molecule has 1 fully saturated rings. The van der Waals surface area contributed by atoms with E-state index >= 15 is 0 Å². The van der Waals surface area contributed by atoms with Crippen molar-refractivity contribution in [2.24, 2.45) is 0 Å². The molecule has 0 spiro atoms. The highest BCUT2D eigenvalue weighted by Gasteiger charge is 2.22. The molecule has 1 heterocycles. The minimum Gasteiger partial charge on any atom is -0.462 e. The van der Waals surface area contributed by atoms with Crippen molar-refractivity contribution in [2.45, 2.75) is 64.5 Å². The molecule has 2 atom stereocenters. The monoisotopic (exact) mass is 213 g/mol. The molecule has 0 bridgehead atoms. The van der Waals surface area contributed by atoms with Gasteiger partial charge in [0.25, 0.3) is 0 Å². The van der Waals surface area contributed by atoms with E-state index in [2.05, 4.69) is 12.2 Å². The molecule has 0 radical (unpaired) electrons. The summed E-state index contributed by atoms with van der Waals surface area (Å²) < 4.78 is 5.38. The highest BCUT2D eigenvalue weighted by Crippen LogP contribution is 2.11. The van der Waals surface area contributed by atoms with E-state index in [4.69, 9.17) is 4.74 Å². The first kappa shape index (κ1) is 12.5. The van der Waals surface area contributed by atoms with Gasteiger partial charge in [0.2, 0.25) is 0 Å². The zero-order valence-corrected chi connectivity index (χ0v) is 9.92. The lowest BCUT2D eigenvalue weighted by molar-refractivity contribution is -0.151. The molecule has 3 nitrogen and oxygen atoms in total. The second-order valence-corrected chi connectivity index (χ2v) is 4.39. The predicted octanol–water partition coefficient (Wildman–Crippen LogP) is 2.25. The van der Waals surface area contributed by atoms with Gasteiger partial charge in [0.15, 0.2) is 0 Å². The van der Waals surface area contributed by atoms with Gasteiger partial charge < -0.3 is 10.1 Å². The fourth-order valence-electron chi connectivity index (χ4n) is 1.98. The van der Waals surface area contributed by atoms with Crippen LogP contribution in [0.2, 0.25) is 0 Å². The Morgan fingerprint density at radius 1 is 1.47 bits per heavy atom. The topological polar surface area (TPSA) is 38.3 Å². The van der Waals surface area contributed by atoms with Crippen molar-refractivity contribution in [3.63, 3.8) is 0 Å². The Balaban J connectivity index is 2.30. The third-order valence-corrected chi connectivity index (χ3v) is 2.86. The summed E-state index contributed by atoms with van der Waals surface area (Å²) in [4.78, 5) is 11.8. The summed E-state index contributed by atoms with van der Waals surface area (Å²) in [5.41, 5.74) is 0. The molecule has 0 aromatic heterocycles. The fraction of sp³-hybridized carbons (Fsp3) is 0.917. The maximum atomic E-state index is 11.8. The van der Waals surface area contributed by atoms with Crippen molar-refractivity contribution in [3.8, 4) is 0 Å². The third kappa shape index (κ3) is 4.65. The third-order valence-electron chi connectivity index (χ3n) is 2.86. The standard InChI is InChI=1S/C12H23NO2/c1-3-7-10(2)15-12(14)11-8-5-4-6-9-13-11/h10-11,13H,3-9H2,1-2H3. The number of hydrogen-bond acceptors (Lipinski definition) is 3. The van der Waals surface area contributed by atoms with Gasteiger partial charge in [0.05, 0.1) is 6.10 Å². The molecule has 1 aliphatic heterocycles. The van der Waals surface area contributed by atoms with Crippen LogP contribution in [0, 0.1) is 0 Å². The van der Waals surface area contributed by atoms with E-state index in [9.17, 15) is 4.79 Å². The Morgan fingerprint density at radius 2 is 2.27 bits per heavy atom. The summed E-state index contributed by atoms with van der Waals surface area (Å²) in [5, 5.41) is 3.25. The van der Waals surface area contributed by atoms with Gasteiger partial charge in [0.1, 0.15) is 6.04 Å². The lowest BCUT2D eigenvalue weighted by atomic mass is 10.1. The maximum absolute atomic E-state index is 11.8. The van der Waals surface area contributed by atoms with E-state index in [0.29, 0.717) is 0 Å². The van der Waals surface area contributed by atoms with Crippen LogP contribution in [0.3, 0.4) is 0 Å². The minimum absolute atomic E-state index is 0.0575. The van der Waals surface area contributed by atoms with E-state index in [0.717, 1.165) is 32.2 Å². The molecule has 2 unspecified atom stereocenters. The smallest absolute Gasteiger partial charge is 0.323 e. The second kappa shape index (κ2) is 6.83. The summed E-state index contributed by atoms with van der Waals surface area (Å²) in [6.07, 6.45) is 6.54. The number of carbonyl (C=O) groups excluding carboxylic acids is 1. The normalized spacial score (nSPS) is 24.3. The highest BCUT2D eigenvalue weighted by atomic mass is 16.5. The van der Waals surface area contributed by atoms with E-state index < -0.39 is 0 Å². The van der Waals surface area contributed by atoms with Crippen LogP contribution in [0.15, 0.2) is 0 Å². The number of nitrogens with one attached hydrogen (secondary N) is 1. The van der Waals surface area contributed by atoms with Crippen molar-refractivity contribution in [1.82, 2.24) is 5.32 Å². The first-order valence-electron chi connectivity index (χ1n) is 6.18. The lowest BCUT2D eigenvalue weighted by Gasteiger charge is -2.18. The second-order valence-electron chi connectivity index (χ2n) is 4.39. The van der Waals surface area contributed by atoms with E-state index in [1.807, 2.05) is 6.92 Å². The summed E-state index contributed by atoms with van der Waals surface area (Å²) in [7, 11) is 0. The van der Waals surface area contributed by atoms with E-state index in [1.54, 1.807) is 0 Å². The van der Waals surface area contributed by atoms with Crippen molar-refractivity contribution >= 4 is 5.97 Å². The maximum Gasteiger partial charge on any atom is 0.323 e. The highest BCUT2D eigenvalue weighted by molar-refractivity contribution is 5.75. The largest absolute Gasteiger partial charge is 0.462 e. The molecule has 1 N–H and O–H groups in total. The number of rotatable bonds is 4. The average molecular weight is 213 g/mol. The molecule has 1 rings (SSSR count). The molecular formula is C12H23NO2. The molecule has 15 heavy (non-hydrogen) atoms. The van der Waals surface area contributed by atoms with Crippen LogP contribution in [0.5, 0.6) is 0 Å². The summed E-state index contributed by atoms with van der Waals surface area (Å²) in [5.74, 6) is -0.0575. The van der Waals surface area contributed by atoms with Gasteiger partial charge in [-0.3, -0.25) is 4.79 Å². The Hall–Kier alpha value is -0.570. The van der Waals surface area contributed by atoms with Crippen molar-refractivity contribution in [1.29, 1.82) is 0 Å². The SMILES string of the molecule is CCCC(C)OC(=O)C1CCCCCN1. The Kier molecular flexibility index (Phi) is 5.69.